The van der Waals surface area contributed by atoms with E-state index in [2.05, 4.69) is 5.92 Å². The summed E-state index contributed by atoms with van der Waals surface area (Å²) in [5.41, 5.74) is -1.12. The maximum Gasteiger partial charge on any atom is 0.327 e. The van der Waals surface area contributed by atoms with E-state index in [9.17, 15) is 9.90 Å². The van der Waals surface area contributed by atoms with Crippen LogP contribution in [0.3, 0.4) is 0 Å². The van der Waals surface area contributed by atoms with E-state index in [1.54, 1.807) is 6.07 Å². The predicted molar refractivity (Wildman–Crippen MR) is 57.4 cm³/mol. The fourth-order valence-electron chi connectivity index (χ4n) is 1.44. The third kappa shape index (κ3) is 1.66. The van der Waals surface area contributed by atoms with Gasteiger partial charge in [0.05, 0.1) is 0 Å². The first-order chi connectivity index (χ1) is 6.67. The molecule has 1 unspecified atom stereocenters. The first-order valence-electron chi connectivity index (χ1n) is 4.42. The van der Waals surface area contributed by atoms with Crippen molar-refractivity contribution in [2.24, 2.45) is 0 Å². The summed E-state index contributed by atoms with van der Waals surface area (Å²) in [4.78, 5) is 11.9. The molecule has 0 saturated carbocycles. The van der Waals surface area contributed by atoms with Crippen LogP contribution in [-0.2, 0) is 10.2 Å². The Bertz CT molecular complexity index is 348. The molecule has 1 N–H and O–H groups in total. The quantitative estimate of drug-likeness (QED) is 0.772. The molecule has 3 heteroatoms. The molecule has 0 fully saturated rings. The molecule has 0 amide bonds. The van der Waals surface area contributed by atoms with Crippen molar-refractivity contribution in [3.63, 3.8) is 0 Å². The Labute approximate surface area is 87.6 Å². The van der Waals surface area contributed by atoms with Gasteiger partial charge in [-0.15, -0.1) is 17.8 Å². The van der Waals surface area contributed by atoms with Gasteiger partial charge >= 0.3 is 5.97 Å². The molecule has 1 atom stereocenters. The summed E-state index contributed by atoms with van der Waals surface area (Å²) in [6, 6.07) is 3.61. The number of aliphatic carboxylic acids is 1. The van der Waals surface area contributed by atoms with E-state index in [1.165, 1.54) is 11.3 Å². The largest absolute Gasteiger partial charge is 0.480 e. The van der Waals surface area contributed by atoms with E-state index in [-0.39, 0.29) is 0 Å². The Balaban J connectivity index is 3.16. The summed E-state index contributed by atoms with van der Waals surface area (Å²) in [5, 5.41) is 11.0. The van der Waals surface area contributed by atoms with Crippen molar-refractivity contribution < 1.29 is 9.90 Å². The van der Waals surface area contributed by atoms with Crippen LogP contribution in [0.1, 0.15) is 24.6 Å². The molecular formula is C11H12O2S. The molecule has 0 aliphatic rings. The van der Waals surface area contributed by atoms with E-state index in [4.69, 9.17) is 6.42 Å². The number of thiophene rings is 1. The van der Waals surface area contributed by atoms with Crippen LogP contribution < -0.4 is 0 Å². The molecule has 1 rings (SSSR count). The van der Waals surface area contributed by atoms with Crippen LogP contribution in [-0.4, -0.2) is 11.1 Å². The van der Waals surface area contributed by atoms with Crippen LogP contribution in [0.2, 0.25) is 0 Å². The average molecular weight is 208 g/mol. The number of hydrogen-bond donors (Lipinski definition) is 1. The summed E-state index contributed by atoms with van der Waals surface area (Å²) >= 11 is 1.40. The van der Waals surface area contributed by atoms with Gasteiger partial charge in [0, 0.05) is 4.88 Å². The van der Waals surface area contributed by atoms with Crippen molar-refractivity contribution in [1.82, 2.24) is 0 Å². The van der Waals surface area contributed by atoms with E-state index < -0.39 is 11.4 Å². The maximum absolute atomic E-state index is 11.2. The normalized spacial score (nSPS) is 14.3. The van der Waals surface area contributed by atoms with E-state index >= 15 is 0 Å². The SMILES string of the molecule is C#CC(CCC)(C(=O)O)c1cccs1. The zero-order valence-electron chi connectivity index (χ0n) is 7.99. The zero-order valence-corrected chi connectivity index (χ0v) is 8.80. The van der Waals surface area contributed by atoms with Gasteiger partial charge < -0.3 is 5.11 Å². The lowest BCUT2D eigenvalue weighted by molar-refractivity contribution is -0.141. The fraction of sp³-hybridized carbons (Fsp3) is 0.364. The molecule has 0 saturated heterocycles. The van der Waals surface area contributed by atoms with Gasteiger partial charge in [0.25, 0.3) is 0 Å². The molecule has 0 aliphatic heterocycles. The van der Waals surface area contributed by atoms with Gasteiger partial charge in [0.2, 0.25) is 0 Å². The third-order valence-corrected chi connectivity index (χ3v) is 3.21. The molecule has 0 spiro atoms. The molecule has 14 heavy (non-hydrogen) atoms. The second-order valence-corrected chi connectivity index (χ2v) is 4.03. The molecule has 1 heterocycles. The number of carbonyl (C=O) groups is 1. The summed E-state index contributed by atoms with van der Waals surface area (Å²) in [6.45, 7) is 1.93. The van der Waals surface area contributed by atoms with Crippen molar-refractivity contribution in [3.05, 3.63) is 22.4 Å². The zero-order chi connectivity index (χ0) is 10.6. The molecule has 0 bridgehead atoms. The highest BCUT2D eigenvalue weighted by Gasteiger charge is 2.38. The summed E-state index contributed by atoms with van der Waals surface area (Å²) in [5.74, 6) is 1.50. The van der Waals surface area contributed by atoms with Gasteiger partial charge in [-0.1, -0.05) is 25.3 Å². The number of terminal acetylenes is 1. The minimum atomic E-state index is -1.12. The Morgan fingerprint density at radius 1 is 1.79 bits per heavy atom. The number of rotatable bonds is 4. The second-order valence-electron chi connectivity index (χ2n) is 3.08. The number of carboxylic acids is 1. The second kappa shape index (κ2) is 4.30. The van der Waals surface area contributed by atoms with Gasteiger partial charge in [-0.2, -0.15) is 0 Å². The Hall–Kier alpha value is -1.27. The van der Waals surface area contributed by atoms with Crippen molar-refractivity contribution >= 4 is 17.3 Å². The standard InChI is InChI=1S/C11H12O2S/c1-3-7-11(4-2,10(12)13)9-6-5-8-14-9/h2,5-6,8H,3,7H2,1H3,(H,12,13). The highest BCUT2D eigenvalue weighted by atomic mass is 32.1. The Morgan fingerprint density at radius 2 is 2.50 bits per heavy atom. The van der Waals surface area contributed by atoms with E-state index in [0.717, 1.165) is 11.3 Å². The fourth-order valence-corrected chi connectivity index (χ4v) is 2.35. The van der Waals surface area contributed by atoms with Crippen molar-refractivity contribution in [1.29, 1.82) is 0 Å². The van der Waals surface area contributed by atoms with Crippen LogP contribution in [0, 0.1) is 12.3 Å². The van der Waals surface area contributed by atoms with E-state index in [1.807, 2.05) is 18.4 Å². The molecule has 1 aromatic heterocycles. The highest BCUT2D eigenvalue weighted by Crippen LogP contribution is 2.32. The van der Waals surface area contributed by atoms with E-state index in [0.29, 0.717) is 6.42 Å². The minimum Gasteiger partial charge on any atom is -0.480 e. The van der Waals surface area contributed by atoms with Crippen molar-refractivity contribution in [2.45, 2.75) is 25.2 Å². The molecule has 0 radical (unpaired) electrons. The number of hydrogen-bond acceptors (Lipinski definition) is 2. The maximum atomic E-state index is 11.2. The van der Waals surface area contributed by atoms with Crippen LogP contribution in [0.25, 0.3) is 0 Å². The van der Waals surface area contributed by atoms with Crippen molar-refractivity contribution in [2.75, 3.05) is 0 Å². The lowest BCUT2D eigenvalue weighted by Crippen LogP contribution is -2.33. The van der Waals surface area contributed by atoms with Gasteiger partial charge in [-0.25, -0.2) is 0 Å². The van der Waals surface area contributed by atoms with Crippen LogP contribution in [0.15, 0.2) is 17.5 Å². The summed E-state index contributed by atoms with van der Waals surface area (Å²) in [6.07, 6.45) is 6.61. The first-order valence-corrected chi connectivity index (χ1v) is 5.30. The first kappa shape index (κ1) is 10.8. The third-order valence-electron chi connectivity index (χ3n) is 2.18. The smallest absolute Gasteiger partial charge is 0.327 e. The van der Waals surface area contributed by atoms with Gasteiger partial charge in [-0.05, 0) is 17.9 Å². The number of carboxylic acid groups (broad SMARTS) is 1. The van der Waals surface area contributed by atoms with Crippen LogP contribution in [0.5, 0.6) is 0 Å². The summed E-state index contributed by atoms with van der Waals surface area (Å²) in [7, 11) is 0. The van der Waals surface area contributed by atoms with Gasteiger partial charge in [0.1, 0.15) is 0 Å². The topological polar surface area (TPSA) is 37.3 Å². The van der Waals surface area contributed by atoms with Gasteiger partial charge in [0.15, 0.2) is 5.41 Å². The molecule has 0 aromatic carbocycles. The lowest BCUT2D eigenvalue weighted by Gasteiger charge is -2.21. The van der Waals surface area contributed by atoms with Crippen molar-refractivity contribution in [3.8, 4) is 12.3 Å². The molecular weight excluding hydrogens is 196 g/mol. The van der Waals surface area contributed by atoms with Crippen LogP contribution in [0.4, 0.5) is 0 Å². The average Bonchev–Trinajstić information content (AvgIpc) is 2.66. The molecule has 1 aromatic rings. The van der Waals surface area contributed by atoms with Gasteiger partial charge in [-0.3, -0.25) is 4.79 Å². The minimum absolute atomic E-state index is 0.485. The predicted octanol–water partition coefficient (Wildman–Crippen LogP) is 2.50. The van der Waals surface area contributed by atoms with Crippen LogP contribution >= 0.6 is 11.3 Å². The monoisotopic (exact) mass is 208 g/mol. The lowest BCUT2D eigenvalue weighted by atomic mass is 9.83. The highest BCUT2D eigenvalue weighted by molar-refractivity contribution is 7.10. The Kier molecular flexibility index (Phi) is 3.32. The molecule has 74 valence electrons. The molecule has 2 nitrogen and oxygen atoms in total. The Morgan fingerprint density at radius 3 is 2.86 bits per heavy atom. The summed E-state index contributed by atoms with van der Waals surface area (Å²) < 4.78 is 0. The molecule has 0 aliphatic carbocycles.